The van der Waals surface area contributed by atoms with Crippen molar-refractivity contribution in [1.82, 2.24) is 24.8 Å². The van der Waals surface area contributed by atoms with Crippen molar-refractivity contribution in [2.45, 2.75) is 18.9 Å². The molecule has 158 valence electrons. The first kappa shape index (κ1) is 20.5. The van der Waals surface area contributed by atoms with Gasteiger partial charge in [0.2, 0.25) is 5.95 Å². The molecule has 0 spiro atoms. The van der Waals surface area contributed by atoms with Gasteiger partial charge in [-0.05, 0) is 37.6 Å². The first-order valence-electron chi connectivity index (χ1n) is 10.0. The van der Waals surface area contributed by atoms with Crippen molar-refractivity contribution in [1.29, 1.82) is 0 Å². The monoisotopic (exact) mass is 417 g/mol. The number of rotatable bonds is 6. The third-order valence-corrected chi connectivity index (χ3v) is 5.09. The fourth-order valence-electron chi connectivity index (χ4n) is 3.59. The van der Waals surface area contributed by atoms with Crippen LogP contribution in [-0.4, -0.2) is 63.6 Å². The lowest BCUT2D eigenvalue weighted by Crippen LogP contribution is -2.44. The van der Waals surface area contributed by atoms with Crippen LogP contribution in [0.15, 0.2) is 36.8 Å². The summed E-state index contributed by atoms with van der Waals surface area (Å²) in [5.41, 5.74) is 2.82. The maximum absolute atomic E-state index is 11.6. The molecule has 1 unspecified atom stereocenters. The standard InChI is InChI=1S/C22H23N7O2/c1-3-15-6-4-7-16(10-15)26-21-20-18(24-14-25-21)11-23-22(28-20)27-17-8-5-9-29(12-17)13-19(30)31-2/h1,4,6-7,10-11,14,17H,5,8-9,12-13H2,2H3,(H,23,27,28)(H,24,25,26). The number of likely N-dealkylation sites (tertiary alicyclic amines) is 1. The Hall–Kier alpha value is -3.77. The van der Waals surface area contributed by atoms with Crippen LogP contribution >= 0.6 is 0 Å². The minimum absolute atomic E-state index is 0.129. The summed E-state index contributed by atoms with van der Waals surface area (Å²) in [5.74, 6) is 3.45. The second-order valence-corrected chi connectivity index (χ2v) is 7.29. The van der Waals surface area contributed by atoms with Gasteiger partial charge in [-0.1, -0.05) is 12.0 Å². The number of esters is 1. The number of carbonyl (C=O) groups is 1. The number of methoxy groups -OCH3 is 1. The first-order chi connectivity index (χ1) is 15.1. The topological polar surface area (TPSA) is 105 Å². The molecule has 1 aromatic carbocycles. The molecular formula is C22H23N7O2. The normalized spacial score (nSPS) is 16.5. The largest absolute Gasteiger partial charge is 0.468 e. The van der Waals surface area contributed by atoms with E-state index < -0.39 is 0 Å². The van der Waals surface area contributed by atoms with Crippen LogP contribution in [0.5, 0.6) is 0 Å². The Morgan fingerprint density at radius 3 is 3.10 bits per heavy atom. The summed E-state index contributed by atoms with van der Waals surface area (Å²) < 4.78 is 4.77. The number of ether oxygens (including phenoxy) is 1. The average molecular weight is 417 g/mol. The van der Waals surface area contributed by atoms with Gasteiger partial charge in [-0.25, -0.2) is 19.9 Å². The highest BCUT2D eigenvalue weighted by Gasteiger charge is 2.22. The van der Waals surface area contributed by atoms with E-state index in [0.717, 1.165) is 30.6 Å². The smallest absolute Gasteiger partial charge is 0.319 e. The number of fused-ring (bicyclic) bond motifs is 1. The predicted octanol–water partition coefficient (Wildman–Crippen LogP) is 2.19. The second-order valence-electron chi connectivity index (χ2n) is 7.29. The number of aromatic nitrogens is 4. The van der Waals surface area contributed by atoms with Gasteiger partial charge in [-0.15, -0.1) is 6.42 Å². The SMILES string of the molecule is C#Cc1cccc(Nc2ncnc3cnc(NC4CCCN(CC(=O)OC)C4)nc23)c1. The molecule has 1 saturated heterocycles. The minimum atomic E-state index is -0.232. The van der Waals surface area contributed by atoms with Crippen LogP contribution in [-0.2, 0) is 9.53 Å². The zero-order chi connectivity index (χ0) is 21.6. The van der Waals surface area contributed by atoms with Crippen LogP contribution in [0, 0.1) is 12.3 Å². The van der Waals surface area contributed by atoms with Gasteiger partial charge in [0.25, 0.3) is 0 Å². The maximum atomic E-state index is 11.6. The molecule has 1 fully saturated rings. The molecule has 1 aliphatic rings. The van der Waals surface area contributed by atoms with E-state index in [1.54, 1.807) is 6.20 Å². The third kappa shape index (κ3) is 5.05. The van der Waals surface area contributed by atoms with Crippen molar-refractivity contribution < 1.29 is 9.53 Å². The number of hydrogen-bond donors (Lipinski definition) is 2. The van der Waals surface area contributed by atoms with Crippen LogP contribution in [0.2, 0.25) is 0 Å². The number of piperidine rings is 1. The molecule has 1 atom stereocenters. The third-order valence-electron chi connectivity index (χ3n) is 5.09. The molecule has 0 radical (unpaired) electrons. The fourth-order valence-corrected chi connectivity index (χ4v) is 3.59. The van der Waals surface area contributed by atoms with Crippen molar-refractivity contribution in [3.05, 3.63) is 42.4 Å². The van der Waals surface area contributed by atoms with Crippen molar-refractivity contribution in [3.8, 4) is 12.3 Å². The fraction of sp³-hybridized carbons (Fsp3) is 0.318. The van der Waals surface area contributed by atoms with Gasteiger partial charge in [0.1, 0.15) is 17.4 Å². The molecule has 0 amide bonds. The second kappa shape index (κ2) is 9.36. The van der Waals surface area contributed by atoms with Gasteiger partial charge in [-0.3, -0.25) is 9.69 Å². The predicted molar refractivity (Wildman–Crippen MR) is 118 cm³/mol. The maximum Gasteiger partial charge on any atom is 0.319 e. The summed E-state index contributed by atoms with van der Waals surface area (Å²) >= 11 is 0. The van der Waals surface area contributed by atoms with E-state index in [4.69, 9.17) is 11.2 Å². The highest BCUT2D eigenvalue weighted by molar-refractivity contribution is 5.87. The van der Waals surface area contributed by atoms with Gasteiger partial charge in [0, 0.05) is 23.8 Å². The Morgan fingerprint density at radius 1 is 1.35 bits per heavy atom. The van der Waals surface area contributed by atoms with E-state index in [0.29, 0.717) is 29.3 Å². The number of hydrogen-bond acceptors (Lipinski definition) is 9. The molecule has 31 heavy (non-hydrogen) atoms. The van der Waals surface area contributed by atoms with Crippen LogP contribution in [0.25, 0.3) is 11.0 Å². The van der Waals surface area contributed by atoms with Gasteiger partial charge >= 0.3 is 5.97 Å². The molecule has 4 rings (SSSR count). The van der Waals surface area contributed by atoms with Crippen molar-refractivity contribution in [2.24, 2.45) is 0 Å². The van der Waals surface area contributed by atoms with E-state index >= 15 is 0 Å². The number of nitrogens with one attached hydrogen (secondary N) is 2. The summed E-state index contributed by atoms with van der Waals surface area (Å²) in [5, 5.41) is 6.64. The molecule has 9 nitrogen and oxygen atoms in total. The summed E-state index contributed by atoms with van der Waals surface area (Å²) in [6, 6.07) is 7.65. The van der Waals surface area contributed by atoms with Gasteiger partial charge in [-0.2, -0.15) is 0 Å². The number of carbonyl (C=O) groups excluding carboxylic acids is 1. The van der Waals surface area contributed by atoms with Crippen LogP contribution < -0.4 is 10.6 Å². The Morgan fingerprint density at radius 2 is 2.26 bits per heavy atom. The van der Waals surface area contributed by atoms with Crippen LogP contribution in [0.3, 0.4) is 0 Å². The average Bonchev–Trinajstić information content (AvgIpc) is 2.80. The number of nitrogens with zero attached hydrogens (tertiary/aromatic N) is 5. The lowest BCUT2D eigenvalue weighted by Gasteiger charge is -2.32. The molecule has 3 heterocycles. The van der Waals surface area contributed by atoms with Crippen LogP contribution in [0.1, 0.15) is 18.4 Å². The molecule has 3 aromatic rings. The minimum Gasteiger partial charge on any atom is -0.468 e. The summed E-state index contributed by atoms with van der Waals surface area (Å²) in [6.07, 6.45) is 10.6. The highest BCUT2D eigenvalue weighted by atomic mass is 16.5. The summed E-state index contributed by atoms with van der Waals surface area (Å²) in [4.78, 5) is 31.3. The van der Waals surface area contributed by atoms with E-state index in [2.05, 4.69) is 41.4 Å². The Kier molecular flexibility index (Phi) is 6.19. The Balaban J connectivity index is 1.52. The lowest BCUT2D eigenvalue weighted by atomic mass is 10.1. The molecule has 0 bridgehead atoms. The van der Waals surface area contributed by atoms with Gasteiger partial charge in [0.05, 0.1) is 19.9 Å². The van der Waals surface area contributed by atoms with Gasteiger partial charge in [0.15, 0.2) is 5.82 Å². The van der Waals surface area contributed by atoms with Crippen molar-refractivity contribution in [2.75, 3.05) is 37.4 Å². The molecule has 9 heteroatoms. The quantitative estimate of drug-likeness (QED) is 0.461. The van der Waals surface area contributed by atoms with E-state index in [9.17, 15) is 4.79 Å². The van der Waals surface area contributed by atoms with E-state index in [-0.39, 0.29) is 18.6 Å². The number of benzene rings is 1. The Labute approximate surface area is 180 Å². The highest BCUT2D eigenvalue weighted by Crippen LogP contribution is 2.23. The Bertz CT molecular complexity index is 1130. The number of anilines is 3. The lowest BCUT2D eigenvalue weighted by molar-refractivity contribution is -0.142. The zero-order valence-electron chi connectivity index (χ0n) is 17.2. The molecule has 2 aromatic heterocycles. The van der Waals surface area contributed by atoms with E-state index in [1.807, 2.05) is 24.3 Å². The summed E-state index contributed by atoms with van der Waals surface area (Å²) in [7, 11) is 1.40. The number of terminal acetylenes is 1. The first-order valence-corrected chi connectivity index (χ1v) is 10.0. The molecule has 2 N–H and O–H groups in total. The molecule has 1 aliphatic heterocycles. The van der Waals surface area contributed by atoms with Crippen LogP contribution in [0.4, 0.5) is 17.5 Å². The van der Waals surface area contributed by atoms with Crippen molar-refractivity contribution in [3.63, 3.8) is 0 Å². The van der Waals surface area contributed by atoms with Crippen molar-refractivity contribution >= 4 is 34.5 Å². The van der Waals surface area contributed by atoms with E-state index in [1.165, 1.54) is 13.4 Å². The zero-order valence-corrected chi connectivity index (χ0v) is 17.2. The molecular weight excluding hydrogens is 394 g/mol. The molecule has 0 saturated carbocycles. The summed E-state index contributed by atoms with van der Waals surface area (Å²) in [6.45, 7) is 1.86. The van der Waals surface area contributed by atoms with Gasteiger partial charge < -0.3 is 15.4 Å². The molecule has 0 aliphatic carbocycles.